The molecule has 0 saturated carbocycles. The van der Waals surface area contributed by atoms with Crippen molar-refractivity contribution in [2.45, 2.75) is 6.54 Å². The molecule has 0 unspecified atom stereocenters. The van der Waals surface area contributed by atoms with Crippen molar-refractivity contribution in [1.29, 1.82) is 0 Å². The summed E-state index contributed by atoms with van der Waals surface area (Å²) in [6.07, 6.45) is 4.74. The molecule has 4 rings (SSSR count). The van der Waals surface area contributed by atoms with E-state index < -0.39 is 0 Å². The molecule has 2 heterocycles. The molecule has 28 heavy (non-hydrogen) atoms. The molecule has 2 aromatic carbocycles. The fraction of sp³-hybridized carbons (Fsp3) is 0.100. The van der Waals surface area contributed by atoms with Crippen molar-refractivity contribution in [1.82, 2.24) is 24.7 Å². The lowest BCUT2D eigenvalue weighted by molar-refractivity contribution is 0.270. The van der Waals surface area contributed by atoms with Crippen LogP contribution in [0.1, 0.15) is 0 Å². The van der Waals surface area contributed by atoms with Crippen LogP contribution in [0.4, 0.5) is 4.39 Å². The van der Waals surface area contributed by atoms with Crippen LogP contribution in [-0.4, -0.2) is 31.3 Å². The van der Waals surface area contributed by atoms with E-state index in [-0.39, 0.29) is 5.82 Å². The predicted molar refractivity (Wildman–Crippen MR) is 99.5 cm³/mol. The number of halogens is 1. The third-order valence-electron chi connectivity index (χ3n) is 3.85. The molecule has 0 fully saturated rings. The van der Waals surface area contributed by atoms with Gasteiger partial charge in [-0.3, -0.25) is 0 Å². The first-order valence-corrected chi connectivity index (χ1v) is 8.58. The van der Waals surface area contributed by atoms with Gasteiger partial charge in [-0.15, -0.1) is 0 Å². The monoisotopic (exact) mass is 377 g/mol. The predicted octanol–water partition coefficient (Wildman–Crippen LogP) is 3.75. The van der Waals surface area contributed by atoms with Crippen molar-refractivity contribution in [3.8, 4) is 28.8 Å². The van der Waals surface area contributed by atoms with E-state index in [1.807, 2.05) is 24.3 Å². The maximum atomic E-state index is 13.0. The highest BCUT2D eigenvalue weighted by Gasteiger charge is 2.05. The second-order valence-electron chi connectivity index (χ2n) is 5.81. The molecule has 0 radical (unpaired) electrons. The van der Waals surface area contributed by atoms with E-state index in [2.05, 4.69) is 20.1 Å². The second kappa shape index (κ2) is 8.26. The van der Waals surface area contributed by atoms with Gasteiger partial charge in [-0.05, 0) is 54.6 Å². The summed E-state index contributed by atoms with van der Waals surface area (Å²) in [4.78, 5) is 12.4. The van der Waals surface area contributed by atoms with E-state index in [1.54, 1.807) is 35.4 Å². The Morgan fingerprint density at radius 2 is 1.68 bits per heavy atom. The molecular weight excluding hydrogens is 361 g/mol. The minimum atomic E-state index is -0.300. The summed E-state index contributed by atoms with van der Waals surface area (Å²) in [6, 6.07) is 15.4. The van der Waals surface area contributed by atoms with Gasteiger partial charge in [0.1, 0.15) is 36.6 Å². The Bertz CT molecular complexity index is 1020. The van der Waals surface area contributed by atoms with Crippen molar-refractivity contribution in [2.75, 3.05) is 6.61 Å². The maximum absolute atomic E-state index is 13.0. The third kappa shape index (κ3) is 4.47. The Morgan fingerprint density at radius 1 is 0.929 bits per heavy atom. The van der Waals surface area contributed by atoms with Crippen LogP contribution in [0, 0.1) is 5.82 Å². The molecular formula is C20H16FN5O2. The summed E-state index contributed by atoms with van der Waals surface area (Å²) in [5.74, 6) is 0.916. The minimum Gasteiger partial charge on any atom is -0.461 e. The molecule has 0 N–H and O–H groups in total. The van der Waals surface area contributed by atoms with Gasteiger partial charge in [0.15, 0.2) is 0 Å². The number of benzene rings is 2. The summed E-state index contributed by atoms with van der Waals surface area (Å²) in [6.45, 7) is 0.945. The highest BCUT2D eigenvalue weighted by atomic mass is 19.1. The minimum absolute atomic E-state index is 0.296. The SMILES string of the molecule is Fc1ccc(Oc2ccc(-c3ccnc(OCCn4cncn4)n3)cc2)cc1. The highest BCUT2D eigenvalue weighted by molar-refractivity contribution is 5.60. The highest BCUT2D eigenvalue weighted by Crippen LogP contribution is 2.25. The lowest BCUT2D eigenvalue weighted by Gasteiger charge is -2.08. The maximum Gasteiger partial charge on any atom is 0.316 e. The zero-order chi connectivity index (χ0) is 19.2. The van der Waals surface area contributed by atoms with Crippen LogP contribution in [0.25, 0.3) is 11.3 Å². The molecule has 4 aromatic rings. The van der Waals surface area contributed by atoms with Crippen LogP contribution < -0.4 is 9.47 Å². The van der Waals surface area contributed by atoms with Gasteiger partial charge >= 0.3 is 6.01 Å². The van der Waals surface area contributed by atoms with Gasteiger partial charge in [0.25, 0.3) is 0 Å². The first kappa shape index (κ1) is 17.6. The number of hydrogen-bond donors (Lipinski definition) is 0. The zero-order valence-electron chi connectivity index (χ0n) is 14.8. The fourth-order valence-corrected chi connectivity index (χ4v) is 2.48. The Kier molecular flexibility index (Phi) is 5.19. The Labute approximate surface area is 160 Å². The number of ether oxygens (including phenoxy) is 2. The number of hydrogen-bond acceptors (Lipinski definition) is 6. The number of nitrogens with zero attached hydrogens (tertiary/aromatic N) is 5. The molecule has 2 aromatic heterocycles. The van der Waals surface area contributed by atoms with Gasteiger partial charge in [0, 0.05) is 11.8 Å². The molecule has 0 atom stereocenters. The molecule has 0 aliphatic rings. The molecule has 0 amide bonds. The number of aromatic nitrogens is 5. The normalized spacial score (nSPS) is 10.6. The summed E-state index contributed by atoms with van der Waals surface area (Å²) in [5, 5.41) is 4.01. The average molecular weight is 377 g/mol. The zero-order valence-corrected chi connectivity index (χ0v) is 14.8. The van der Waals surface area contributed by atoms with Gasteiger partial charge in [-0.25, -0.2) is 19.0 Å². The summed E-state index contributed by atoms with van der Waals surface area (Å²) in [7, 11) is 0. The van der Waals surface area contributed by atoms with Crippen molar-refractivity contribution >= 4 is 0 Å². The summed E-state index contributed by atoms with van der Waals surface area (Å²) < 4.78 is 25.9. The van der Waals surface area contributed by atoms with Crippen LogP contribution >= 0.6 is 0 Å². The fourth-order valence-electron chi connectivity index (χ4n) is 2.48. The van der Waals surface area contributed by atoms with Crippen LogP contribution in [-0.2, 0) is 6.54 Å². The van der Waals surface area contributed by atoms with E-state index >= 15 is 0 Å². The van der Waals surface area contributed by atoms with Crippen LogP contribution in [0.5, 0.6) is 17.5 Å². The Hall–Kier alpha value is -3.81. The van der Waals surface area contributed by atoms with Gasteiger partial charge in [0.05, 0.1) is 12.2 Å². The van der Waals surface area contributed by atoms with E-state index in [0.29, 0.717) is 30.7 Å². The van der Waals surface area contributed by atoms with Gasteiger partial charge in [0.2, 0.25) is 0 Å². The van der Waals surface area contributed by atoms with Crippen molar-refractivity contribution in [2.24, 2.45) is 0 Å². The molecule has 0 aliphatic heterocycles. The third-order valence-corrected chi connectivity index (χ3v) is 3.85. The van der Waals surface area contributed by atoms with E-state index in [1.165, 1.54) is 18.5 Å². The second-order valence-corrected chi connectivity index (χ2v) is 5.81. The van der Waals surface area contributed by atoms with Gasteiger partial charge in [-0.1, -0.05) is 0 Å². The standard InChI is InChI=1S/C20H16FN5O2/c21-16-3-7-18(8-4-16)28-17-5-1-15(2-6-17)19-9-10-23-20(25-19)27-12-11-26-14-22-13-24-26/h1-10,13-14H,11-12H2. The van der Waals surface area contributed by atoms with E-state index in [4.69, 9.17) is 9.47 Å². The first-order valence-electron chi connectivity index (χ1n) is 8.58. The van der Waals surface area contributed by atoms with Crippen molar-refractivity contribution in [3.05, 3.63) is 79.3 Å². The van der Waals surface area contributed by atoms with Crippen LogP contribution in [0.15, 0.2) is 73.4 Å². The molecule has 0 saturated heterocycles. The van der Waals surface area contributed by atoms with Crippen molar-refractivity contribution < 1.29 is 13.9 Å². The summed E-state index contributed by atoms with van der Waals surface area (Å²) >= 11 is 0. The Balaban J connectivity index is 1.40. The first-order chi connectivity index (χ1) is 13.8. The molecule has 0 aliphatic carbocycles. The summed E-state index contributed by atoms with van der Waals surface area (Å²) in [5.41, 5.74) is 1.63. The van der Waals surface area contributed by atoms with E-state index in [0.717, 1.165) is 11.3 Å². The lowest BCUT2D eigenvalue weighted by atomic mass is 10.1. The average Bonchev–Trinajstić information content (AvgIpc) is 3.24. The topological polar surface area (TPSA) is 75.0 Å². The quantitative estimate of drug-likeness (QED) is 0.488. The van der Waals surface area contributed by atoms with Gasteiger partial charge in [-0.2, -0.15) is 10.1 Å². The molecule has 8 heteroatoms. The van der Waals surface area contributed by atoms with Crippen molar-refractivity contribution in [3.63, 3.8) is 0 Å². The number of rotatable bonds is 7. The molecule has 0 bridgehead atoms. The molecule has 140 valence electrons. The van der Waals surface area contributed by atoms with Crippen LogP contribution in [0.2, 0.25) is 0 Å². The van der Waals surface area contributed by atoms with E-state index in [9.17, 15) is 4.39 Å². The largest absolute Gasteiger partial charge is 0.461 e. The lowest BCUT2D eigenvalue weighted by Crippen LogP contribution is -2.10. The molecule has 0 spiro atoms. The smallest absolute Gasteiger partial charge is 0.316 e. The van der Waals surface area contributed by atoms with Crippen LogP contribution in [0.3, 0.4) is 0 Å². The molecule has 7 nitrogen and oxygen atoms in total. The van der Waals surface area contributed by atoms with Gasteiger partial charge < -0.3 is 9.47 Å². The Morgan fingerprint density at radius 3 is 2.39 bits per heavy atom.